The number of hydrogen-bond acceptors (Lipinski definition) is 1. The number of hydrogen-bond donors (Lipinski definition) is 0. The molecule has 0 unspecified atom stereocenters. The Bertz CT molecular complexity index is 403. The Labute approximate surface area is 98.2 Å². The van der Waals surface area contributed by atoms with Crippen LogP contribution in [0.3, 0.4) is 0 Å². The SMILES string of the molecule is Cc1c[c-]c(-c2[c-]nn(C)c2)cc1.[W+2]. The molecule has 1 heterocycles. The number of rotatable bonds is 1. The Morgan fingerprint density at radius 3 is 2.57 bits per heavy atom. The number of aryl methyl sites for hydroxylation is 2. The van der Waals surface area contributed by atoms with Crippen molar-refractivity contribution in [1.29, 1.82) is 0 Å². The number of benzene rings is 1. The van der Waals surface area contributed by atoms with E-state index in [1.807, 2.05) is 32.3 Å². The van der Waals surface area contributed by atoms with Gasteiger partial charge >= 0.3 is 21.1 Å². The van der Waals surface area contributed by atoms with E-state index in [0.717, 1.165) is 11.1 Å². The zero-order chi connectivity index (χ0) is 9.26. The molecule has 1 aromatic carbocycles. The molecule has 3 heteroatoms. The van der Waals surface area contributed by atoms with Gasteiger partial charge < -0.3 is 4.68 Å². The van der Waals surface area contributed by atoms with E-state index in [9.17, 15) is 0 Å². The van der Waals surface area contributed by atoms with E-state index in [1.54, 1.807) is 4.68 Å². The second-order valence-electron chi connectivity index (χ2n) is 3.11. The molecule has 0 spiro atoms. The van der Waals surface area contributed by atoms with Crippen LogP contribution in [0.25, 0.3) is 11.1 Å². The van der Waals surface area contributed by atoms with Crippen LogP contribution in [0.2, 0.25) is 0 Å². The Hall–Kier alpha value is -0.882. The maximum absolute atomic E-state index is 3.99. The van der Waals surface area contributed by atoms with E-state index >= 15 is 0 Å². The predicted octanol–water partition coefficient (Wildman–Crippen LogP) is 1.99. The first-order chi connectivity index (χ1) is 6.25. The summed E-state index contributed by atoms with van der Waals surface area (Å²) < 4.78 is 1.74. The Morgan fingerprint density at radius 1 is 1.29 bits per heavy atom. The van der Waals surface area contributed by atoms with Crippen molar-refractivity contribution < 1.29 is 21.1 Å². The summed E-state index contributed by atoms with van der Waals surface area (Å²) in [4.78, 5) is 0. The minimum absolute atomic E-state index is 0. The molecule has 2 aromatic rings. The summed E-state index contributed by atoms with van der Waals surface area (Å²) in [6.45, 7) is 2.05. The third kappa shape index (κ3) is 2.33. The average molecular weight is 354 g/mol. The van der Waals surface area contributed by atoms with Crippen molar-refractivity contribution in [3.8, 4) is 11.1 Å². The molecule has 0 saturated heterocycles. The maximum atomic E-state index is 3.99. The van der Waals surface area contributed by atoms with Crippen molar-refractivity contribution in [2.24, 2.45) is 7.05 Å². The van der Waals surface area contributed by atoms with E-state index in [2.05, 4.69) is 23.4 Å². The molecule has 0 bridgehead atoms. The van der Waals surface area contributed by atoms with Crippen LogP contribution in [0.5, 0.6) is 0 Å². The van der Waals surface area contributed by atoms with Gasteiger partial charge in [-0.25, -0.2) is 11.6 Å². The Morgan fingerprint density at radius 2 is 2.07 bits per heavy atom. The molecule has 2 rings (SSSR count). The smallest absolute Gasteiger partial charge is 0.350 e. The largest absolute Gasteiger partial charge is 2.00 e. The molecule has 0 N–H and O–H groups in total. The van der Waals surface area contributed by atoms with Crippen molar-refractivity contribution in [3.63, 3.8) is 0 Å². The van der Waals surface area contributed by atoms with Gasteiger partial charge in [-0.15, -0.1) is 11.8 Å². The first kappa shape index (κ1) is 11.2. The normalized spacial score (nSPS) is 9.57. The third-order valence-corrected chi connectivity index (χ3v) is 1.90. The molecule has 0 saturated carbocycles. The summed E-state index contributed by atoms with van der Waals surface area (Å²) in [5, 5.41) is 3.99. The summed E-state index contributed by atoms with van der Waals surface area (Å²) in [6.07, 6.45) is 4.85. The van der Waals surface area contributed by atoms with Crippen molar-refractivity contribution >= 4 is 0 Å². The average Bonchev–Trinajstić information content (AvgIpc) is 2.53. The minimum Gasteiger partial charge on any atom is -0.350 e. The van der Waals surface area contributed by atoms with E-state index in [-0.39, 0.29) is 21.1 Å². The van der Waals surface area contributed by atoms with Gasteiger partial charge in [-0.3, -0.25) is 10.7 Å². The second-order valence-corrected chi connectivity index (χ2v) is 3.11. The fourth-order valence-electron chi connectivity index (χ4n) is 1.18. The zero-order valence-corrected chi connectivity index (χ0v) is 11.0. The molecular formula is C11H10N2W. The van der Waals surface area contributed by atoms with Gasteiger partial charge in [0.15, 0.2) is 0 Å². The summed E-state index contributed by atoms with van der Waals surface area (Å²) in [5.74, 6) is 0. The zero-order valence-electron chi connectivity index (χ0n) is 8.11. The molecule has 14 heavy (non-hydrogen) atoms. The van der Waals surface area contributed by atoms with Gasteiger partial charge in [-0.05, 0) is 0 Å². The molecule has 0 atom stereocenters. The topological polar surface area (TPSA) is 17.8 Å². The fourth-order valence-corrected chi connectivity index (χ4v) is 1.18. The van der Waals surface area contributed by atoms with E-state index in [0.29, 0.717) is 0 Å². The summed E-state index contributed by atoms with van der Waals surface area (Å²) >= 11 is 0. The molecule has 70 valence electrons. The van der Waals surface area contributed by atoms with Crippen LogP contribution in [0, 0.1) is 19.2 Å². The number of nitrogens with zero attached hydrogens (tertiary/aromatic N) is 2. The van der Waals surface area contributed by atoms with Crippen LogP contribution in [0.15, 0.2) is 24.4 Å². The molecule has 0 fully saturated rings. The van der Waals surface area contributed by atoms with Crippen molar-refractivity contribution in [1.82, 2.24) is 9.78 Å². The van der Waals surface area contributed by atoms with Crippen LogP contribution in [-0.4, -0.2) is 9.78 Å². The quantitative estimate of drug-likeness (QED) is 0.717. The van der Waals surface area contributed by atoms with Crippen LogP contribution < -0.4 is 0 Å². The van der Waals surface area contributed by atoms with Crippen LogP contribution in [0.1, 0.15) is 5.56 Å². The van der Waals surface area contributed by atoms with Gasteiger partial charge in [0.1, 0.15) is 0 Å². The predicted molar refractivity (Wildman–Crippen MR) is 51.1 cm³/mol. The molecule has 0 aliphatic rings. The van der Waals surface area contributed by atoms with Gasteiger partial charge in [0.2, 0.25) is 0 Å². The maximum Gasteiger partial charge on any atom is 2.00 e. The summed E-state index contributed by atoms with van der Waals surface area (Å²) in [5.41, 5.74) is 3.24. The van der Waals surface area contributed by atoms with Crippen LogP contribution in [0.4, 0.5) is 0 Å². The van der Waals surface area contributed by atoms with Gasteiger partial charge in [0.05, 0.1) is 0 Å². The molecular weight excluding hydrogens is 344 g/mol. The first-order valence-electron chi connectivity index (χ1n) is 4.16. The monoisotopic (exact) mass is 354 g/mol. The molecule has 0 amide bonds. The van der Waals surface area contributed by atoms with Gasteiger partial charge in [0, 0.05) is 7.05 Å². The second kappa shape index (κ2) is 4.56. The van der Waals surface area contributed by atoms with Crippen molar-refractivity contribution in [2.75, 3.05) is 0 Å². The van der Waals surface area contributed by atoms with Gasteiger partial charge in [-0.2, -0.15) is 18.2 Å². The minimum atomic E-state index is 0. The number of aromatic nitrogens is 2. The van der Waals surface area contributed by atoms with Crippen molar-refractivity contribution in [3.05, 3.63) is 42.2 Å². The molecule has 2 nitrogen and oxygen atoms in total. The van der Waals surface area contributed by atoms with E-state index in [1.165, 1.54) is 5.56 Å². The molecule has 1 aromatic heterocycles. The van der Waals surface area contributed by atoms with E-state index in [4.69, 9.17) is 0 Å². The van der Waals surface area contributed by atoms with Gasteiger partial charge in [-0.1, -0.05) is 13.1 Å². The molecule has 0 aliphatic carbocycles. The summed E-state index contributed by atoms with van der Waals surface area (Å²) in [6, 6.07) is 9.24. The van der Waals surface area contributed by atoms with Crippen molar-refractivity contribution in [2.45, 2.75) is 6.92 Å². The molecule has 0 radical (unpaired) electrons. The fraction of sp³-hybridized carbons (Fsp3) is 0.182. The Balaban J connectivity index is 0.000000980. The third-order valence-electron chi connectivity index (χ3n) is 1.90. The van der Waals surface area contributed by atoms with E-state index < -0.39 is 0 Å². The van der Waals surface area contributed by atoms with Crippen LogP contribution >= 0.6 is 0 Å². The first-order valence-corrected chi connectivity index (χ1v) is 4.16. The van der Waals surface area contributed by atoms with Gasteiger partial charge in [0.25, 0.3) is 0 Å². The summed E-state index contributed by atoms with van der Waals surface area (Å²) in [7, 11) is 1.88. The molecule has 0 aliphatic heterocycles. The standard InChI is InChI=1S/C11H10N2.W/c1-9-3-5-10(6-4-9)11-7-12-13(2)8-11;/h3-5,8H,1-2H3;/q-2;+2. The Kier molecular flexibility index (Phi) is 3.65. The van der Waals surface area contributed by atoms with Crippen LogP contribution in [-0.2, 0) is 28.1 Å².